The van der Waals surface area contributed by atoms with Crippen LogP contribution in [0.25, 0.3) is 21.2 Å². The lowest BCUT2D eigenvalue weighted by molar-refractivity contribution is 0.104. The lowest BCUT2D eigenvalue weighted by atomic mass is 10.0. The number of nitrogens with two attached hydrogens (primary N) is 1. The second kappa shape index (κ2) is 7.18. The van der Waals surface area contributed by atoms with E-state index >= 15 is 0 Å². The summed E-state index contributed by atoms with van der Waals surface area (Å²) in [6.07, 6.45) is 0. The van der Waals surface area contributed by atoms with E-state index in [2.05, 4.69) is 6.07 Å². The first-order valence-electron chi connectivity index (χ1n) is 8.62. The number of methoxy groups -OCH3 is 1. The summed E-state index contributed by atoms with van der Waals surface area (Å²) in [6.45, 7) is 0. The van der Waals surface area contributed by atoms with Crippen molar-refractivity contribution in [2.24, 2.45) is 0 Å². The highest BCUT2D eigenvalue weighted by molar-refractivity contribution is 7.21. The van der Waals surface area contributed by atoms with Crippen LogP contribution in [-0.4, -0.2) is 12.9 Å². The Kier molecular flexibility index (Phi) is 4.56. The van der Waals surface area contributed by atoms with Gasteiger partial charge in [0.2, 0.25) is 5.78 Å². The molecule has 0 atom stereocenters. The van der Waals surface area contributed by atoms with E-state index in [4.69, 9.17) is 15.7 Å². The van der Waals surface area contributed by atoms with Gasteiger partial charge in [-0.15, -0.1) is 11.3 Å². The van der Waals surface area contributed by atoms with E-state index in [0.29, 0.717) is 27.4 Å². The number of hydrogen-bond donors (Lipinski definition) is 1. The van der Waals surface area contributed by atoms with Gasteiger partial charge in [0.05, 0.1) is 29.3 Å². The number of rotatable bonds is 4. The molecule has 136 valence electrons. The highest BCUT2D eigenvalue weighted by Crippen LogP contribution is 2.37. The largest absolute Gasteiger partial charge is 0.497 e. The molecule has 0 saturated carbocycles. The van der Waals surface area contributed by atoms with Crippen molar-refractivity contribution in [3.63, 3.8) is 0 Å². The topological polar surface area (TPSA) is 76.1 Å². The molecule has 5 heteroatoms. The zero-order valence-electron chi connectivity index (χ0n) is 15.1. The van der Waals surface area contributed by atoms with Crippen molar-refractivity contribution < 1.29 is 9.53 Å². The molecule has 0 aliphatic carbocycles. The lowest BCUT2D eigenvalue weighted by Crippen LogP contribution is -2.02. The Labute approximate surface area is 166 Å². The summed E-state index contributed by atoms with van der Waals surface area (Å²) in [7, 11) is 1.57. The molecule has 4 nitrogen and oxygen atoms in total. The van der Waals surface area contributed by atoms with Crippen LogP contribution in [-0.2, 0) is 0 Å². The Balaban J connectivity index is 1.78. The second-order valence-electron chi connectivity index (χ2n) is 6.31. The average Bonchev–Trinajstić information content (AvgIpc) is 3.09. The lowest BCUT2D eigenvalue weighted by Gasteiger charge is -2.03. The first-order chi connectivity index (χ1) is 13.6. The van der Waals surface area contributed by atoms with E-state index in [1.165, 1.54) is 11.3 Å². The minimum atomic E-state index is -0.120. The normalized spacial score (nSPS) is 10.6. The quantitative estimate of drug-likeness (QED) is 0.487. The van der Waals surface area contributed by atoms with Gasteiger partial charge in [0.15, 0.2) is 0 Å². The third-order valence-corrected chi connectivity index (χ3v) is 5.76. The number of carbonyl (C=O) groups excluding carboxylic acids is 1. The van der Waals surface area contributed by atoms with Gasteiger partial charge in [-0.05, 0) is 41.5 Å². The molecule has 0 saturated heterocycles. The Bertz CT molecular complexity index is 1250. The second-order valence-corrected chi connectivity index (χ2v) is 7.36. The maximum absolute atomic E-state index is 13.0. The van der Waals surface area contributed by atoms with Gasteiger partial charge in [-0.3, -0.25) is 4.79 Å². The SMILES string of the molecule is COc1cccc(C(=O)c2sc3cc(-c4cccc(C#N)c4)ccc3c2N)c1. The molecular formula is C23H16N2O2S. The smallest absolute Gasteiger partial charge is 0.205 e. The molecule has 0 amide bonds. The first-order valence-corrected chi connectivity index (χ1v) is 9.43. The fraction of sp³-hybridized carbons (Fsp3) is 0.0435. The molecule has 0 spiro atoms. The van der Waals surface area contributed by atoms with Gasteiger partial charge in [0, 0.05) is 15.6 Å². The summed E-state index contributed by atoms with van der Waals surface area (Å²) in [4.78, 5) is 13.5. The van der Waals surface area contributed by atoms with Gasteiger partial charge in [-0.25, -0.2) is 0 Å². The number of nitrogen functional groups attached to an aromatic ring is 1. The Morgan fingerprint density at radius 1 is 1.04 bits per heavy atom. The number of ketones is 1. The van der Waals surface area contributed by atoms with E-state index in [1.807, 2.05) is 36.4 Å². The Hall–Kier alpha value is -3.62. The molecule has 1 aromatic heterocycles. The molecule has 0 aliphatic rings. The van der Waals surface area contributed by atoms with Gasteiger partial charge in [0.1, 0.15) is 5.75 Å². The molecule has 4 aromatic rings. The van der Waals surface area contributed by atoms with Crippen LogP contribution in [0.15, 0.2) is 66.7 Å². The van der Waals surface area contributed by atoms with Crippen molar-refractivity contribution in [2.75, 3.05) is 12.8 Å². The van der Waals surface area contributed by atoms with Crippen LogP contribution in [0.3, 0.4) is 0 Å². The van der Waals surface area contributed by atoms with Crippen molar-refractivity contribution in [3.8, 4) is 22.9 Å². The van der Waals surface area contributed by atoms with Crippen molar-refractivity contribution in [1.82, 2.24) is 0 Å². The van der Waals surface area contributed by atoms with Crippen LogP contribution in [0.1, 0.15) is 20.8 Å². The predicted molar refractivity (Wildman–Crippen MR) is 113 cm³/mol. The van der Waals surface area contributed by atoms with Crippen LogP contribution in [0.4, 0.5) is 5.69 Å². The molecule has 0 fully saturated rings. The maximum atomic E-state index is 13.0. The third-order valence-electron chi connectivity index (χ3n) is 4.59. The molecule has 28 heavy (non-hydrogen) atoms. The summed E-state index contributed by atoms with van der Waals surface area (Å²) in [5.74, 6) is 0.510. The van der Waals surface area contributed by atoms with E-state index in [-0.39, 0.29) is 5.78 Å². The summed E-state index contributed by atoms with van der Waals surface area (Å²) in [5.41, 5.74) is 9.87. The van der Waals surface area contributed by atoms with Crippen LogP contribution in [0.2, 0.25) is 0 Å². The summed E-state index contributed by atoms with van der Waals surface area (Å²) in [5, 5.41) is 9.97. The van der Waals surface area contributed by atoms with Gasteiger partial charge in [-0.1, -0.05) is 36.4 Å². The number of ether oxygens (including phenoxy) is 1. The Morgan fingerprint density at radius 3 is 2.61 bits per heavy atom. The maximum Gasteiger partial charge on any atom is 0.205 e. The van der Waals surface area contributed by atoms with Crippen molar-refractivity contribution in [2.45, 2.75) is 0 Å². The Morgan fingerprint density at radius 2 is 1.82 bits per heavy atom. The highest BCUT2D eigenvalue weighted by atomic mass is 32.1. The molecule has 3 aromatic carbocycles. The van der Waals surface area contributed by atoms with Gasteiger partial charge in [0.25, 0.3) is 0 Å². The van der Waals surface area contributed by atoms with E-state index in [9.17, 15) is 4.79 Å². The van der Waals surface area contributed by atoms with E-state index < -0.39 is 0 Å². The molecule has 0 bridgehead atoms. The number of nitrogens with zero attached hydrogens (tertiary/aromatic N) is 1. The van der Waals surface area contributed by atoms with Gasteiger partial charge < -0.3 is 10.5 Å². The molecule has 0 aliphatic heterocycles. The standard InChI is InChI=1S/C23H16N2O2S/c1-27-18-7-3-6-17(11-18)22(26)23-21(25)19-9-8-16(12-20(19)28-23)15-5-2-4-14(10-15)13-24/h2-12H,25H2,1H3. The fourth-order valence-corrected chi connectivity index (χ4v) is 4.25. The third kappa shape index (κ3) is 3.11. The minimum absolute atomic E-state index is 0.120. The number of carbonyl (C=O) groups is 1. The monoisotopic (exact) mass is 384 g/mol. The van der Waals surface area contributed by atoms with Crippen molar-refractivity contribution in [1.29, 1.82) is 5.26 Å². The predicted octanol–water partition coefficient (Wildman–Crippen LogP) is 5.26. The number of anilines is 1. The first kappa shape index (κ1) is 17.8. The molecule has 2 N–H and O–H groups in total. The number of benzene rings is 3. The van der Waals surface area contributed by atoms with Crippen LogP contribution in [0, 0.1) is 11.3 Å². The highest BCUT2D eigenvalue weighted by Gasteiger charge is 2.19. The van der Waals surface area contributed by atoms with Crippen LogP contribution in [0.5, 0.6) is 5.75 Å². The van der Waals surface area contributed by atoms with Crippen LogP contribution >= 0.6 is 11.3 Å². The number of thiophene rings is 1. The van der Waals surface area contributed by atoms with Crippen molar-refractivity contribution in [3.05, 3.63) is 82.7 Å². The van der Waals surface area contributed by atoms with Gasteiger partial charge >= 0.3 is 0 Å². The molecule has 0 radical (unpaired) electrons. The minimum Gasteiger partial charge on any atom is -0.497 e. The summed E-state index contributed by atoms with van der Waals surface area (Å²) < 4.78 is 6.14. The molecule has 4 rings (SSSR count). The number of fused-ring (bicyclic) bond motifs is 1. The van der Waals surface area contributed by atoms with Crippen LogP contribution < -0.4 is 10.5 Å². The van der Waals surface area contributed by atoms with Gasteiger partial charge in [-0.2, -0.15) is 5.26 Å². The number of hydrogen-bond acceptors (Lipinski definition) is 5. The fourth-order valence-electron chi connectivity index (χ4n) is 3.13. The number of nitriles is 1. The van der Waals surface area contributed by atoms with Crippen molar-refractivity contribution >= 4 is 32.9 Å². The molecule has 0 unspecified atom stereocenters. The zero-order valence-corrected chi connectivity index (χ0v) is 15.9. The van der Waals surface area contributed by atoms with E-state index in [1.54, 1.807) is 37.4 Å². The molecular weight excluding hydrogens is 368 g/mol. The zero-order chi connectivity index (χ0) is 19.7. The summed E-state index contributed by atoms with van der Waals surface area (Å²) in [6, 6.07) is 22.6. The average molecular weight is 384 g/mol. The van der Waals surface area contributed by atoms with E-state index in [0.717, 1.165) is 21.2 Å². The summed E-state index contributed by atoms with van der Waals surface area (Å²) >= 11 is 1.38. The molecule has 1 heterocycles.